The fourth-order valence-electron chi connectivity index (χ4n) is 3.20. The Kier molecular flexibility index (Phi) is 8.61. The number of hydrogen-bond acceptors (Lipinski definition) is 3. The van der Waals surface area contributed by atoms with Crippen LogP contribution in [0.4, 0.5) is 13.2 Å². The molecular formula is C21H29F3O3. The van der Waals surface area contributed by atoms with Crippen molar-refractivity contribution < 1.29 is 27.4 Å². The first-order valence-corrected chi connectivity index (χ1v) is 9.83. The molecule has 1 fully saturated rings. The summed E-state index contributed by atoms with van der Waals surface area (Å²) >= 11 is 0. The van der Waals surface area contributed by atoms with E-state index in [0.717, 1.165) is 25.3 Å². The highest BCUT2D eigenvalue weighted by Gasteiger charge is 2.33. The Morgan fingerprint density at radius 2 is 1.89 bits per heavy atom. The lowest BCUT2D eigenvalue weighted by Crippen LogP contribution is -2.37. The normalized spacial score (nSPS) is 20.2. The van der Waals surface area contributed by atoms with Gasteiger partial charge in [-0.2, -0.15) is 0 Å². The molecule has 1 aromatic rings. The maximum absolute atomic E-state index is 13.5. The molecule has 1 aliphatic rings. The maximum atomic E-state index is 13.5. The number of carbonyl (C=O) groups is 1. The minimum Gasteiger partial charge on any atom is -0.462 e. The number of halogens is 3. The maximum Gasteiger partial charge on any atom is 0.308 e. The van der Waals surface area contributed by atoms with E-state index >= 15 is 0 Å². The molecule has 27 heavy (non-hydrogen) atoms. The predicted octanol–water partition coefficient (Wildman–Crippen LogP) is 5.55. The quantitative estimate of drug-likeness (QED) is 0.284. The van der Waals surface area contributed by atoms with E-state index in [1.165, 1.54) is 18.9 Å². The van der Waals surface area contributed by atoms with Crippen LogP contribution in [0.3, 0.4) is 0 Å². The van der Waals surface area contributed by atoms with Crippen LogP contribution >= 0.6 is 0 Å². The highest BCUT2D eigenvalue weighted by molar-refractivity contribution is 5.72. The summed E-state index contributed by atoms with van der Waals surface area (Å²) in [5.41, 5.74) is -0.00639. The molecular weight excluding hydrogens is 357 g/mol. The SMILES string of the molecule is CCCCCCC(C)C(=O)OC1CC(COCc2ccc(F)c(F)c2F)C1. The highest BCUT2D eigenvalue weighted by atomic mass is 19.2. The molecule has 0 radical (unpaired) electrons. The highest BCUT2D eigenvalue weighted by Crippen LogP contribution is 2.31. The number of carbonyl (C=O) groups excluding carboxylic acids is 1. The van der Waals surface area contributed by atoms with Gasteiger partial charge in [0, 0.05) is 5.56 Å². The number of hydrogen-bond donors (Lipinski definition) is 0. The second-order valence-electron chi connectivity index (χ2n) is 7.50. The van der Waals surface area contributed by atoms with Crippen LogP contribution in [0.5, 0.6) is 0 Å². The zero-order valence-electron chi connectivity index (χ0n) is 16.1. The van der Waals surface area contributed by atoms with E-state index in [1.54, 1.807) is 0 Å². The Labute approximate surface area is 159 Å². The first kappa shape index (κ1) is 21.7. The van der Waals surface area contributed by atoms with Crippen molar-refractivity contribution in [1.82, 2.24) is 0 Å². The molecule has 1 unspecified atom stereocenters. The monoisotopic (exact) mass is 386 g/mol. The second-order valence-corrected chi connectivity index (χ2v) is 7.50. The summed E-state index contributed by atoms with van der Waals surface area (Å²) in [4.78, 5) is 12.1. The van der Waals surface area contributed by atoms with Gasteiger partial charge in [0.1, 0.15) is 6.10 Å². The van der Waals surface area contributed by atoms with Gasteiger partial charge in [-0.1, -0.05) is 45.6 Å². The Morgan fingerprint density at radius 1 is 1.15 bits per heavy atom. The molecule has 0 bridgehead atoms. The molecule has 0 spiro atoms. The number of rotatable bonds is 11. The van der Waals surface area contributed by atoms with E-state index < -0.39 is 17.5 Å². The molecule has 0 N–H and O–H groups in total. The molecule has 0 aromatic heterocycles. The van der Waals surface area contributed by atoms with E-state index in [2.05, 4.69) is 6.92 Å². The van der Waals surface area contributed by atoms with Gasteiger partial charge in [-0.25, -0.2) is 13.2 Å². The summed E-state index contributed by atoms with van der Waals surface area (Å²) in [5.74, 6) is -3.87. The fourth-order valence-corrected chi connectivity index (χ4v) is 3.20. The molecule has 0 saturated heterocycles. The summed E-state index contributed by atoms with van der Waals surface area (Å²) in [6, 6.07) is 2.07. The Bertz CT molecular complexity index is 615. The molecule has 2 rings (SSSR count). The van der Waals surface area contributed by atoms with Crippen molar-refractivity contribution in [2.75, 3.05) is 6.61 Å². The van der Waals surface area contributed by atoms with Crippen LogP contribution in [0.15, 0.2) is 12.1 Å². The van der Waals surface area contributed by atoms with Crippen LogP contribution in [0.1, 0.15) is 64.4 Å². The van der Waals surface area contributed by atoms with Gasteiger partial charge in [-0.3, -0.25) is 4.79 Å². The Morgan fingerprint density at radius 3 is 2.59 bits per heavy atom. The van der Waals surface area contributed by atoms with Crippen molar-refractivity contribution in [3.8, 4) is 0 Å². The predicted molar refractivity (Wildman–Crippen MR) is 96.5 cm³/mol. The van der Waals surface area contributed by atoms with Crippen molar-refractivity contribution in [3.05, 3.63) is 35.1 Å². The van der Waals surface area contributed by atoms with Gasteiger partial charge in [0.2, 0.25) is 0 Å². The molecule has 1 saturated carbocycles. The van der Waals surface area contributed by atoms with Crippen LogP contribution in [0.2, 0.25) is 0 Å². The third kappa shape index (κ3) is 6.52. The van der Waals surface area contributed by atoms with Gasteiger partial charge in [-0.05, 0) is 31.2 Å². The molecule has 0 amide bonds. The van der Waals surface area contributed by atoms with Crippen molar-refractivity contribution in [2.24, 2.45) is 11.8 Å². The molecule has 1 aromatic carbocycles. The van der Waals surface area contributed by atoms with Crippen LogP contribution in [-0.2, 0) is 20.9 Å². The number of benzene rings is 1. The van der Waals surface area contributed by atoms with Crippen molar-refractivity contribution >= 4 is 5.97 Å². The fraction of sp³-hybridized carbons (Fsp3) is 0.667. The number of esters is 1. The van der Waals surface area contributed by atoms with Crippen molar-refractivity contribution in [3.63, 3.8) is 0 Å². The van der Waals surface area contributed by atoms with E-state index in [-0.39, 0.29) is 36.1 Å². The molecule has 6 heteroatoms. The van der Waals surface area contributed by atoms with Gasteiger partial charge < -0.3 is 9.47 Å². The summed E-state index contributed by atoms with van der Waals surface area (Å²) < 4.78 is 50.5. The zero-order chi connectivity index (χ0) is 19.8. The van der Waals surface area contributed by atoms with Gasteiger partial charge in [-0.15, -0.1) is 0 Å². The standard InChI is InChI=1S/C21H29F3O3/c1-3-4-5-6-7-14(2)21(25)27-17-10-15(11-17)12-26-13-16-8-9-18(22)20(24)19(16)23/h8-9,14-15,17H,3-7,10-13H2,1-2H3. The minimum absolute atomic E-state index is 0.00639. The summed E-state index contributed by atoms with van der Waals surface area (Å²) in [5, 5.41) is 0. The number of unbranched alkanes of at least 4 members (excludes halogenated alkanes) is 3. The molecule has 0 heterocycles. The van der Waals surface area contributed by atoms with Crippen LogP contribution in [0.25, 0.3) is 0 Å². The van der Waals surface area contributed by atoms with Gasteiger partial charge in [0.25, 0.3) is 0 Å². The molecule has 0 aliphatic heterocycles. The largest absolute Gasteiger partial charge is 0.462 e. The summed E-state index contributed by atoms with van der Waals surface area (Å²) in [7, 11) is 0. The zero-order valence-corrected chi connectivity index (χ0v) is 16.1. The van der Waals surface area contributed by atoms with Gasteiger partial charge in [0.05, 0.1) is 19.1 Å². The van der Waals surface area contributed by atoms with Crippen LogP contribution in [0, 0.1) is 29.3 Å². The third-order valence-electron chi connectivity index (χ3n) is 5.09. The van der Waals surface area contributed by atoms with E-state index in [4.69, 9.17) is 9.47 Å². The topological polar surface area (TPSA) is 35.5 Å². The average molecular weight is 386 g/mol. The average Bonchev–Trinajstić information content (AvgIpc) is 2.62. The third-order valence-corrected chi connectivity index (χ3v) is 5.09. The molecule has 3 nitrogen and oxygen atoms in total. The van der Waals surface area contributed by atoms with Crippen LogP contribution < -0.4 is 0 Å². The lowest BCUT2D eigenvalue weighted by Gasteiger charge is -2.35. The van der Waals surface area contributed by atoms with Crippen molar-refractivity contribution in [1.29, 1.82) is 0 Å². The molecule has 1 aliphatic carbocycles. The van der Waals surface area contributed by atoms with E-state index in [9.17, 15) is 18.0 Å². The lowest BCUT2D eigenvalue weighted by molar-refractivity contribution is -0.162. The molecule has 152 valence electrons. The number of ether oxygens (including phenoxy) is 2. The molecule has 1 atom stereocenters. The van der Waals surface area contributed by atoms with Crippen LogP contribution in [-0.4, -0.2) is 18.7 Å². The Hall–Kier alpha value is -1.56. The summed E-state index contributed by atoms with van der Waals surface area (Å²) in [6.45, 7) is 4.32. The minimum atomic E-state index is -1.48. The smallest absolute Gasteiger partial charge is 0.308 e. The van der Waals surface area contributed by atoms with E-state index in [0.29, 0.717) is 19.4 Å². The van der Waals surface area contributed by atoms with Gasteiger partial charge in [0.15, 0.2) is 17.5 Å². The Balaban J connectivity index is 1.60. The first-order chi connectivity index (χ1) is 12.9. The van der Waals surface area contributed by atoms with Gasteiger partial charge >= 0.3 is 5.97 Å². The second kappa shape index (κ2) is 10.7. The first-order valence-electron chi connectivity index (χ1n) is 9.83. The van der Waals surface area contributed by atoms with E-state index in [1.807, 2.05) is 6.92 Å². The summed E-state index contributed by atoms with van der Waals surface area (Å²) in [6.07, 6.45) is 6.78. The van der Waals surface area contributed by atoms with Crippen molar-refractivity contribution in [2.45, 2.75) is 71.5 Å². The lowest BCUT2D eigenvalue weighted by atomic mass is 9.83.